The van der Waals surface area contributed by atoms with E-state index in [1.54, 1.807) is 0 Å². The van der Waals surface area contributed by atoms with Gasteiger partial charge in [0.05, 0.1) is 0 Å². The first kappa shape index (κ1) is 19.3. The molecule has 0 saturated heterocycles. The average molecular weight is 498 g/mol. The van der Waals surface area contributed by atoms with Crippen LogP contribution in [0.15, 0.2) is 97.1 Å². The molecule has 0 bridgehead atoms. The molecule has 0 aliphatic heterocycles. The number of benzene rings is 5. The topological polar surface area (TPSA) is 0 Å². The Morgan fingerprint density at radius 2 is 0.933 bits per heavy atom. The zero-order valence-electron chi connectivity index (χ0n) is 17.0. The highest BCUT2D eigenvalue weighted by atomic mass is 127. The molecule has 0 unspecified atom stereocenters. The Kier molecular flexibility index (Phi) is 5.30. The molecular formula is C29H23I. The van der Waals surface area contributed by atoms with Crippen LogP contribution in [0.25, 0.3) is 43.8 Å². The molecule has 30 heavy (non-hydrogen) atoms. The summed E-state index contributed by atoms with van der Waals surface area (Å²) in [5.41, 5.74) is 7.91. The third-order valence-electron chi connectivity index (χ3n) is 5.90. The van der Waals surface area contributed by atoms with Crippen LogP contribution in [0.3, 0.4) is 0 Å². The minimum Gasteiger partial charge on any atom is -0.0860 e. The van der Waals surface area contributed by atoms with Gasteiger partial charge in [0, 0.05) is 4.43 Å². The number of halogens is 1. The smallest absolute Gasteiger partial charge is 0.00358 e. The molecule has 146 valence electrons. The normalized spacial score (nSPS) is 11.3. The summed E-state index contributed by atoms with van der Waals surface area (Å²) in [7, 11) is 0. The first-order chi connectivity index (χ1) is 14.8. The lowest BCUT2D eigenvalue weighted by atomic mass is 9.85. The van der Waals surface area contributed by atoms with Crippen molar-refractivity contribution >= 4 is 44.1 Å². The molecule has 1 heteroatoms. The Morgan fingerprint density at radius 3 is 1.33 bits per heavy atom. The molecule has 0 fully saturated rings. The van der Waals surface area contributed by atoms with Gasteiger partial charge in [0.1, 0.15) is 0 Å². The third kappa shape index (κ3) is 3.41. The van der Waals surface area contributed by atoms with Gasteiger partial charge in [-0.3, -0.25) is 0 Å². The van der Waals surface area contributed by atoms with Crippen molar-refractivity contribution in [3.05, 3.63) is 108 Å². The number of hydrogen-bond acceptors (Lipinski definition) is 0. The summed E-state index contributed by atoms with van der Waals surface area (Å²) in [6.07, 6.45) is 1.12. The van der Waals surface area contributed by atoms with Crippen molar-refractivity contribution in [3.8, 4) is 22.3 Å². The molecule has 0 aromatic heterocycles. The molecule has 0 aliphatic carbocycles. The Balaban J connectivity index is 1.86. The van der Waals surface area contributed by atoms with E-state index in [0.29, 0.717) is 0 Å². The number of hydrogen-bond donors (Lipinski definition) is 0. The summed E-state index contributed by atoms with van der Waals surface area (Å²) in [4.78, 5) is 0. The fraction of sp³-hybridized carbons (Fsp3) is 0.103. The Bertz CT molecular complexity index is 1270. The Morgan fingerprint density at radius 1 is 0.533 bits per heavy atom. The van der Waals surface area contributed by atoms with Crippen molar-refractivity contribution in [2.24, 2.45) is 0 Å². The molecular weight excluding hydrogens is 475 g/mol. The van der Waals surface area contributed by atoms with E-state index in [2.05, 4.69) is 127 Å². The lowest BCUT2D eigenvalue weighted by molar-refractivity contribution is 1.18. The van der Waals surface area contributed by atoms with Crippen LogP contribution in [0.5, 0.6) is 0 Å². The molecule has 0 spiro atoms. The molecule has 0 saturated carbocycles. The summed E-state index contributed by atoms with van der Waals surface area (Å²) in [6, 6.07) is 35.8. The highest BCUT2D eigenvalue weighted by Gasteiger charge is 2.16. The number of alkyl halides is 1. The molecule has 0 heterocycles. The van der Waals surface area contributed by atoms with Crippen LogP contribution in [-0.2, 0) is 6.42 Å². The van der Waals surface area contributed by atoms with E-state index >= 15 is 0 Å². The van der Waals surface area contributed by atoms with E-state index < -0.39 is 0 Å². The van der Waals surface area contributed by atoms with Crippen LogP contribution in [0.4, 0.5) is 0 Å². The quantitative estimate of drug-likeness (QED) is 0.132. The van der Waals surface area contributed by atoms with E-state index in [4.69, 9.17) is 0 Å². The van der Waals surface area contributed by atoms with E-state index in [1.807, 2.05) is 0 Å². The van der Waals surface area contributed by atoms with E-state index in [-0.39, 0.29) is 0 Å². The Labute approximate surface area is 191 Å². The summed E-state index contributed by atoms with van der Waals surface area (Å²) < 4.78 is 1.15. The largest absolute Gasteiger partial charge is 0.0860 e. The summed E-state index contributed by atoms with van der Waals surface area (Å²) in [6.45, 7) is 2.14. The average Bonchev–Trinajstić information content (AvgIpc) is 2.79. The first-order valence-corrected chi connectivity index (χ1v) is 11.9. The summed E-state index contributed by atoms with van der Waals surface area (Å²) in [5, 5.41) is 5.25. The maximum Gasteiger partial charge on any atom is 0.00358 e. The second kappa shape index (κ2) is 8.23. The van der Waals surface area contributed by atoms with Gasteiger partial charge in [-0.25, -0.2) is 0 Å². The monoisotopic (exact) mass is 498 g/mol. The van der Waals surface area contributed by atoms with Gasteiger partial charge < -0.3 is 0 Å². The molecule has 0 nitrogen and oxygen atoms in total. The van der Waals surface area contributed by atoms with Gasteiger partial charge in [0.25, 0.3) is 0 Å². The SMILES string of the molecule is Cc1ccc(-c2c3ccccc3c(-c3ccc(CCI)cc3)c3ccccc23)cc1. The van der Waals surface area contributed by atoms with Crippen LogP contribution in [0.1, 0.15) is 11.1 Å². The highest BCUT2D eigenvalue weighted by molar-refractivity contribution is 14.1. The van der Waals surface area contributed by atoms with Crippen molar-refractivity contribution in [3.63, 3.8) is 0 Å². The maximum atomic E-state index is 2.45. The van der Waals surface area contributed by atoms with Crippen LogP contribution in [-0.4, -0.2) is 4.43 Å². The molecule has 0 aliphatic rings. The van der Waals surface area contributed by atoms with E-state index in [9.17, 15) is 0 Å². The van der Waals surface area contributed by atoms with Crippen molar-refractivity contribution < 1.29 is 0 Å². The van der Waals surface area contributed by atoms with Crippen LogP contribution in [0, 0.1) is 6.92 Å². The molecule has 5 aromatic rings. The van der Waals surface area contributed by atoms with Crippen LogP contribution < -0.4 is 0 Å². The highest BCUT2D eigenvalue weighted by Crippen LogP contribution is 2.43. The predicted octanol–water partition coefficient (Wildman–Crippen LogP) is 8.61. The van der Waals surface area contributed by atoms with E-state index in [0.717, 1.165) is 10.8 Å². The maximum absolute atomic E-state index is 2.45. The Hall–Kier alpha value is -2.65. The predicted molar refractivity (Wildman–Crippen MR) is 140 cm³/mol. The molecule has 5 aromatic carbocycles. The lowest BCUT2D eigenvalue weighted by Gasteiger charge is -2.18. The van der Waals surface area contributed by atoms with E-state index in [1.165, 1.54) is 54.9 Å². The van der Waals surface area contributed by atoms with Crippen molar-refractivity contribution in [2.75, 3.05) is 4.43 Å². The van der Waals surface area contributed by atoms with Gasteiger partial charge in [-0.2, -0.15) is 0 Å². The second-order valence-electron chi connectivity index (χ2n) is 7.84. The molecule has 5 rings (SSSR count). The van der Waals surface area contributed by atoms with Gasteiger partial charge >= 0.3 is 0 Å². The molecule has 0 radical (unpaired) electrons. The van der Waals surface area contributed by atoms with Crippen molar-refractivity contribution in [1.82, 2.24) is 0 Å². The van der Waals surface area contributed by atoms with Crippen LogP contribution in [0.2, 0.25) is 0 Å². The molecule has 0 N–H and O–H groups in total. The summed E-state index contributed by atoms with van der Waals surface area (Å²) >= 11 is 2.45. The van der Waals surface area contributed by atoms with Crippen LogP contribution >= 0.6 is 22.6 Å². The van der Waals surface area contributed by atoms with Gasteiger partial charge in [-0.15, -0.1) is 0 Å². The zero-order chi connectivity index (χ0) is 20.5. The van der Waals surface area contributed by atoms with Crippen molar-refractivity contribution in [1.29, 1.82) is 0 Å². The van der Waals surface area contributed by atoms with Gasteiger partial charge in [0.15, 0.2) is 0 Å². The van der Waals surface area contributed by atoms with Gasteiger partial charge in [-0.05, 0) is 62.7 Å². The number of aryl methyl sites for hydroxylation is 2. The number of fused-ring (bicyclic) bond motifs is 2. The first-order valence-electron chi connectivity index (χ1n) is 10.4. The fourth-order valence-electron chi connectivity index (χ4n) is 4.42. The van der Waals surface area contributed by atoms with Crippen molar-refractivity contribution in [2.45, 2.75) is 13.3 Å². The number of rotatable bonds is 4. The fourth-order valence-corrected chi connectivity index (χ4v) is 5.04. The molecule has 0 amide bonds. The third-order valence-corrected chi connectivity index (χ3v) is 6.44. The molecule has 0 atom stereocenters. The zero-order valence-corrected chi connectivity index (χ0v) is 19.2. The lowest BCUT2D eigenvalue weighted by Crippen LogP contribution is -1.91. The standard InChI is InChI=1S/C29H23I/c1-20-10-14-22(15-11-20)28-24-6-2-4-8-26(24)29(27-9-5-3-7-25(27)28)23-16-12-21(13-17-23)18-19-30/h2-17H,18-19H2,1H3. The minimum atomic E-state index is 1.12. The van der Waals surface area contributed by atoms with Gasteiger partial charge in [0.2, 0.25) is 0 Å². The second-order valence-corrected chi connectivity index (χ2v) is 8.92. The summed E-state index contributed by atoms with van der Waals surface area (Å²) in [5.74, 6) is 0. The van der Waals surface area contributed by atoms with Gasteiger partial charge in [-0.1, -0.05) is 125 Å². The minimum absolute atomic E-state index is 1.12.